The second-order valence-electron chi connectivity index (χ2n) is 6.97. The van der Waals surface area contributed by atoms with E-state index in [0.29, 0.717) is 15.7 Å². The van der Waals surface area contributed by atoms with Crippen LogP contribution in [0, 0.1) is 5.82 Å². The number of aliphatic imine (C=N–C) groups is 1. The maximum absolute atomic E-state index is 13.7. The molecule has 0 unspecified atom stereocenters. The minimum Gasteiger partial charge on any atom is -0.271 e. The highest BCUT2D eigenvalue weighted by atomic mass is 35.5. The standard InChI is InChI=1S/C21H18ClFN2OS/c22-16-8-4-6-14(12-16)18-20(27)25(21(24-18)10-2-1-3-11-21)19(26)15-7-5-9-17(23)13-15/h4-9,12-13H,1-3,10-11H2. The number of nitrogens with zero attached hydrogens (tertiary/aromatic N) is 2. The SMILES string of the molecule is O=C(c1cccc(F)c1)N1C(=S)C(c2cccc(Cl)c2)=NC12CCCCC2. The Labute approximate surface area is 167 Å². The smallest absolute Gasteiger partial charge is 0.261 e. The summed E-state index contributed by atoms with van der Waals surface area (Å²) in [4.78, 5) is 20.2. The fourth-order valence-electron chi connectivity index (χ4n) is 3.91. The summed E-state index contributed by atoms with van der Waals surface area (Å²) < 4.78 is 13.7. The van der Waals surface area contributed by atoms with Gasteiger partial charge in [0.1, 0.15) is 22.2 Å². The van der Waals surface area contributed by atoms with Gasteiger partial charge in [0, 0.05) is 16.1 Å². The molecule has 27 heavy (non-hydrogen) atoms. The molecule has 0 radical (unpaired) electrons. The Morgan fingerprint density at radius 1 is 1.11 bits per heavy atom. The van der Waals surface area contributed by atoms with Gasteiger partial charge in [0.05, 0.1) is 0 Å². The Kier molecular flexibility index (Phi) is 4.82. The van der Waals surface area contributed by atoms with Crippen molar-refractivity contribution in [3.05, 3.63) is 70.5 Å². The summed E-state index contributed by atoms with van der Waals surface area (Å²) in [5.74, 6) is -0.748. The van der Waals surface area contributed by atoms with Gasteiger partial charge < -0.3 is 0 Å². The van der Waals surface area contributed by atoms with E-state index in [9.17, 15) is 9.18 Å². The van der Waals surface area contributed by atoms with Crippen LogP contribution in [0.3, 0.4) is 0 Å². The van der Waals surface area contributed by atoms with Crippen molar-refractivity contribution in [1.29, 1.82) is 0 Å². The molecule has 1 aliphatic heterocycles. The zero-order valence-electron chi connectivity index (χ0n) is 14.6. The Morgan fingerprint density at radius 3 is 2.56 bits per heavy atom. The number of benzene rings is 2. The number of hydrogen-bond donors (Lipinski definition) is 0. The first-order valence-electron chi connectivity index (χ1n) is 9.00. The lowest BCUT2D eigenvalue weighted by molar-refractivity contribution is 0.0648. The zero-order valence-corrected chi connectivity index (χ0v) is 16.2. The summed E-state index contributed by atoms with van der Waals surface area (Å²) in [6, 6.07) is 13.0. The van der Waals surface area contributed by atoms with Crippen molar-refractivity contribution in [3.8, 4) is 0 Å². The Hall–Kier alpha value is -2.11. The van der Waals surface area contributed by atoms with Crippen LogP contribution in [-0.2, 0) is 0 Å². The van der Waals surface area contributed by atoms with Crippen LogP contribution in [0.4, 0.5) is 4.39 Å². The van der Waals surface area contributed by atoms with Crippen LogP contribution in [-0.4, -0.2) is 27.2 Å². The van der Waals surface area contributed by atoms with Gasteiger partial charge in [0.15, 0.2) is 0 Å². The molecule has 1 amide bonds. The molecule has 1 aliphatic carbocycles. The molecule has 1 fully saturated rings. The average molecular weight is 401 g/mol. The molecule has 3 nitrogen and oxygen atoms in total. The second-order valence-corrected chi connectivity index (χ2v) is 7.79. The molecule has 0 bridgehead atoms. The first kappa shape index (κ1) is 18.3. The van der Waals surface area contributed by atoms with Crippen LogP contribution in [0.15, 0.2) is 53.5 Å². The van der Waals surface area contributed by atoms with Crippen LogP contribution in [0.5, 0.6) is 0 Å². The summed E-state index contributed by atoms with van der Waals surface area (Å²) in [6.45, 7) is 0. The molecule has 138 valence electrons. The van der Waals surface area contributed by atoms with E-state index in [1.165, 1.54) is 18.2 Å². The molecule has 6 heteroatoms. The predicted octanol–water partition coefficient (Wildman–Crippen LogP) is 5.41. The lowest BCUT2D eigenvalue weighted by Gasteiger charge is -2.38. The van der Waals surface area contributed by atoms with E-state index < -0.39 is 11.5 Å². The van der Waals surface area contributed by atoms with E-state index >= 15 is 0 Å². The lowest BCUT2D eigenvalue weighted by atomic mass is 9.88. The highest BCUT2D eigenvalue weighted by Gasteiger charge is 2.49. The number of hydrogen-bond acceptors (Lipinski definition) is 3. The largest absolute Gasteiger partial charge is 0.271 e. The van der Waals surface area contributed by atoms with E-state index in [0.717, 1.165) is 37.7 Å². The van der Waals surface area contributed by atoms with Crippen molar-refractivity contribution < 1.29 is 9.18 Å². The molecular weight excluding hydrogens is 383 g/mol. The summed E-state index contributed by atoms with van der Waals surface area (Å²) in [5.41, 5.74) is 1.01. The van der Waals surface area contributed by atoms with Gasteiger partial charge in [-0.1, -0.05) is 48.4 Å². The number of amides is 1. The van der Waals surface area contributed by atoms with Crippen LogP contribution >= 0.6 is 23.8 Å². The third kappa shape index (κ3) is 3.30. The number of rotatable bonds is 2. The zero-order chi connectivity index (χ0) is 19.0. The van der Waals surface area contributed by atoms with Gasteiger partial charge >= 0.3 is 0 Å². The first-order valence-corrected chi connectivity index (χ1v) is 9.79. The van der Waals surface area contributed by atoms with Gasteiger partial charge in [-0.15, -0.1) is 0 Å². The van der Waals surface area contributed by atoms with E-state index in [2.05, 4.69) is 0 Å². The number of carbonyl (C=O) groups excluding carboxylic acids is 1. The van der Waals surface area contributed by atoms with Gasteiger partial charge in [-0.3, -0.25) is 14.7 Å². The highest BCUT2D eigenvalue weighted by Crippen LogP contribution is 2.41. The van der Waals surface area contributed by atoms with Crippen LogP contribution < -0.4 is 0 Å². The van der Waals surface area contributed by atoms with E-state index in [4.69, 9.17) is 28.8 Å². The molecule has 1 spiro atoms. The van der Waals surface area contributed by atoms with Crippen LogP contribution in [0.2, 0.25) is 5.02 Å². The third-order valence-electron chi connectivity index (χ3n) is 5.17. The number of halogens is 2. The average Bonchev–Trinajstić information content (AvgIpc) is 2.93. The highest BCUT2D eigenvalue weighted by molar-refractivity contribution is 7.82. The van der Waals surface area contributed by atoms with Crippen molar-refractivity contribution >= 4 is 40.4 Å². The van der Waals surface area contributed by atoms with E-state index in [-0.39, 0.29) is 11.5 Å². The molecule has 0 atom stereocenters. The Bertz CT molecular complexity index is 953. The van der Waals surface area contributed by atoms with Gasteiger partial charge in [0.2, 0.25) is 0 Å². The van der Waals surface area contributed by atoms with Crippen molar-refractivity contribution in [2.45, 2.75) is 37.8 Å². The normalized spacial score (nSPS) is 18.7. The minimum atomic E-state index is -0.684. The molecular formula is C21H18ClFN2OS. The maximum Gasteiger partial charge on any atom is 0.261 e. The predicted molar refractivity (Wildman–Crippen MR) is 109 cm³/mol. The van der Waals surface area contributed by atoms with Gasteiger partial charge in [0.25, 0.3) is 5.91 Å². The molecule has 2 aromatic carbocycles. The molecule has 0 N–H and O–H groups in total. The minimum absolute atomic E-state index is 0.282. The Balaban J connectivity index is 1.79. The summed E-state index contributed by atoms with van der Waals surface area (Å²) in [5, 5.41) is 0.589. The Morgan fingerprint density at radius 2 is 1.85 bits per heavy atom. The summed E-state index contributed by atoms with van der Waals surface area (Å²) in [6.07, 6.45) is 4.55. The summed E-state index contributed by atoms with van der Waals surface area (Å²) >= 11 is 11.8. The topological polar surface area (TPSA) is 32.7 Å². The first-order chi connectivity index (χ1) is 13.0. The van der Waals surface area contributed by atoms with E-state index in [1.54, 1.807) is 23.1 Å². The molecule has 2 aliphatic rings. The van der Waals surface area contributed by atoms with Crippen molar-refractivity contribution in [2.24, 2.45) is 4.99 Å². The molecule has 1 saturated carbocycles. The number of carbonyl (C=O) groups is 1. The van der Waals surface area contributed by atoms with Crippen molar-refractivity contribution in [3.63, 3.8) is 0 Å². The van der Waals surface area contributed by atoms with Gasteiger partial charge in [-0.25, -0.2) is 4.39 Å². The third-order valence-corrected chi connectivity index (χ3v) is 5.78. The van der Waals surface area contributed by atoms with Gasteiger partial charge in [-0.2, -0.15) is 0 Å². The number of thiocarbonyl (C=S) groups is 1. The fourth-order valence-corrected chi connectivity index (χ4v) is 4.52. The molecule has 0 aromatic heterocycles. The molecule has 0 saturated heterocycles. The molecule has 4 rings (SSSR count). The van der Waals surface area contributed by atoms with Gasteiger partial charge in [-0.05, 0) is 56.0 Å². The maximum atomic E-state index is 13.7. The molecule has 2 aromatic rings. The van der Waals surface area contributed by atoms with Crippen LogP contribution in [0.1, 0.15) is 48.0 Å². The van der Waals surface area contributed by atoms with Crippen molar-refractivity contribution in [2.75, 3.05) is 0 Å². The fraction of sp³-hybridized carbons (Fsp3) is 0.286. The van der Waals surface area contributed by atoms with Crippen LogP contribution in [0.25, 0.3) is 0 Å². The lowest BCUT2D eigenvalue weighted by Crippen LogP contribution is -2.50. The molecule has 1 heterocycles. The van der Waals surface area contributed by atoms with Crippen molar-refractivity contribution in [1.82, 2.24) is 4.90 Å². The summed E-state index contributed by atoms with van der Waals surface area (Å²) in [7, 11) is 0. The second kappa shape index (κ2) is 7.13. The monoisotopic (exact) mass is 400 g/mol. The van der Waals surface area contributed by atoms with E-state index in [1.807, 2.05) is 12.1 Å². The quantitative estimate of drug-likeness (QED) is 0.631.